The van der Waals surface area contributed by atoms with Crippen LogP contribution in [-0.2, 0) is 4.74 Å². The van der Waals surface area contributed by atoms with Gasteiger partial charge in [0.25, 0.3) is 11.6 Å². The van der Waals surface area contributed by atoms with Crippen molar-refractivity contribution in [2.75, 3.05) is 19.5 Å². The summed E-state index contributed by atoms with van der Waals surface area (Å²) in [4.78, 5) is 23.1. The first-order chi connectivity index (χ1) is 8.61. The Bertz CT molecular complexity index is 488. The Morgan fingerprint density at radius 3 is 2.78 bits per heavy atom. The Hall–Kier alpha value is -1.60. The molecule has 1 saturated heterocycles. The minimum Gasteiger partial charge on any atom is -0.377 e. The van der Waals surface area contributed by atoms with Crippen molar-refractivity contribution in [1.29, 1.82) is 0 Å². The summed E-state index contributed by atoms with van der Waals surface area (Å²) in [5.41, 5.74) is -0.0794. The molecule has 0 radical (unpaired) electrons. The maximum Gasteiger partial charge on any atom is 0.282 e. The molecule has 1 aliphatic heterocycles. The third kappa shape index (κ3) is 2.62. The molecule has 0 bridgehead atoms. The zero-order chi connectivity index (χ0) is 13.1. The van der Waals surface area contributed by atoms with Crippen molar-refractivity contribution in [3.05, 3.63) is 33.9 Å². The largest absolute Gasteiger partial charge is 0.377 e. The summed E-state index contributed by atoms with van der Waals surface area (Å²) in [5.74, 6) is -0.425. The topological polar surface area (TPSA) is 81.5 Å². The number of nitrogens with zero attached hydrogens (tertiary/aromatic N) is 1. The smallest absolute Gasteiger partial charge is 0.282 e. The molecule has 2 rings (SSSR count). The Kier molecular flexibility index (Phi) is 3.83. The van der Waals surface area contributed by atoms with Gasteiger partial charge in [-0.2, -0.15) is 0 Å². The van der Waals surface area contributed by atoms with Crippen molar-refractivity contribution in [1.82, 2.24) is 5.32 Å². The number of carbonyl (C=O) groups excluding carboxylic acids is 1. The van der Waals surface area contributed by atoms with Crippen LogP contribution in [0.1, 0.15) is 10.4 Å². The van der Waals surface area contributed by atoms with E-state index in [4.69, 9.17) is 4.74 Å². The molecule has 0 saturated carbocycles. The molecule has 1 fully saturated rings. The van der Waals surface area contributed by atoms with Crippen molar-refractivity contribution in [3.63, 3.8) is 0 Å². The first kappa shape index (κ1) is 12.8. The van der Waals surface area contributed by atoms with E-state index in [9.17, 15) is 14.9 Å². The average Bonchev–Trinajstić information content (AvgIpc) is 2.32. The van der Waals surface area contributed by atoms with Crippen LogP contribution in [0.2, 0.25) is 0 Å². The summed E-state index contributed by atoms with van der Waals surface area (Å²) in [6.07, 6.45) is 1.85. The minimum absolute atomic E-state index is 0.0463. The monoisotopic (exact) mass is 268 g/mol. The number of nitrogens with one attached hydrogen (secondary N) is 1. The summed E-state index contributed by atoms with van der Waals surface area (Å²) in [7, 11) is 0. The molecule has 1 aliphatic rings. The van der Waals surface area contributed by atoms with Crippen molar-refractivity contribution in [3.8, 4) is 0 Å². The van der Waals surface area contributed by atoms with Crippen LogP contribution in [0, 0.1) is 10.1 Å². The average molecular weight is 268 g/mol. The number of carbonyl (C=O) groups is 1. The van der Waals surface area contributed by atoms with Crippen LogP contribution in [0.4, 0.5) is 5.69 Å². The molecule has 7 heteroatoms. The van der Waals surface area contributed by atoms with Crippen LogP contribution in [0.15, 0.2) is 23.1 Å². The lowest BCUT2D eigenvalue weighted by Crippen LogP contribution is -2.48. The Labute approximate surface area is 108 Å². The first-order valence-electron chi connectivity index (χ1n) is 5.33. The molecule has 1 heterocycles. The molecule has 1 aromatic carbocycles. The highest BCUT2D eigenvalue weighted by Crippen LogP contribution is 2.24. The van der Waals surface area contributed by atoms with Crippen LogP contribution in [0.3, 0.4) is 0 Å². The molecule has 18 heavy (non-hydrogen) atoms. The molecular weight excluding hydrogens is 256 g/mol. The molecule has 0 spiro atoms. The number of hydrogen-bond acceptors (Lipinski definition) is 5. The first-order valence-corrected chi connectivity index (χ1v) is 6.55. The van der Waals surface area contributed by atoms with Gasteiger partial charge in [-0.15, -0.1) is 11.8 Å². The number of nitro benzene ring substituents is 1. The van der Waals surface area contributed by atoms with Gasteiger partial charge in [0.15, 0.2) is 0 Å². The fraction of sp³-hybridized carbons (Fsp3) is 0.364. The summed E-state index contributed by atoms with van der Waals surface area (Å²) < 4.78 is 4.94. The number of hydrogen-bond donors (Lipinski definition) is 1. The van der Waals surface area contributed by atoms with E-state index in [1.165, 1.54) is 23.9 Å². The Morgan fingerprint density at radius 2 is 2.28 bits per heavy atom. The predicted octanol–water partition coefficient (Wildman–Crippen LogP) is 1.45. The molecule has 1 aromatic rings. The molecule has 0 aliphatic carbocycles. The maximum absolute atomic E-state index is 12.0. The molecule has 0 aromatic heterocycles. The zero-order valence-corrected chi connectivity index (χ0v) is 10.5. The lowest BCUT2D eigenvalue weighted by atomic mass is 10.1. The molecule has 1 amide bonds. The van der Waals surface area contributed by atoms with E-state index in [0.29, 0.717) is 13.2 Å². The quantitative estimate of drug-likeness (QED) is 0.507. The van der Waals surface area contributed by atoms with Crippen molar-refractivity contribution in [2.45, 2.75) is 10.9 Å². The standard InChI is InChI=1S/C11H12N2O4S/c1-18-8-2-3-10(13(15)16)9(4-8)11(14)12-7-5-17-6-7/h2-4,7H,5-6H2,1H3,(H,12,14). The van der Waals surface area contributed by atoms with Gasteiger partial charge >= 0.3 is 0 Å². The van der Waals surface area contributed by atoms with Crippen LogP contribution in [-0.4, -0.2) is 36.3 Å². The molecule has 0 atom stereocenters. The van der Waals surface area contributed by atoms with Crippen LogP contribution in [0.25, 0.3) is 0 Å². The van der Waals surface area contributed by atoms with Gasteiger partial charge in [-0.25, -0.2) is 0 Å². The number of amides is 1. The second-order valence-corrected chi connectivity index (χ2v) is 4.73. The highest BCUT2D eigenvalue weighted by molar-refractivity contribution is 7.98. The van der Waals surface area contributed by atoms with E-state index in [0.717, 1.165) is 4.90 Å². The SMILES string of the molecule is CSc1ccc([N+](=O)[O-])c(C(=O)NC2COC2)c1. The highest BCUT2D eigenvalue weighted by Gasteiger charge is 2.25. The van der Waals surface area contributed by atoms with Gasteiger partial charge in [-0.3, -0.25) is 14.9 Å². The highest BCUT2D eigenvalue weighted by atomic mass is 32.2. The maximum atomic E-state index is 12.0. The van der Waals surface area contributed by atoms with E-state index in [1.54, 1.807) is 6.07 Å². The molecule has 96 valence electrons. The van der Waals surface area contributed by atoms with E-state index in [-0.39, 0.29) is 17.3 Å². The molecule has 0 unspecified atom stereocenters. The Balaban J connectivity index is 2.26. The van der Waals surface area contributed by atoms with Crippen LogP contribution >= 0.6 is 11.8 Å². The van der Waals surface area contributed by atoms with Gasteiger partial charge in [0, 0.05) is 11.0 Å². The van der Waals surface area contributed by atoms with E-state index >= 15 is 0 Å². The molecule has 6 nitrogen and oxygen atoms in total. The lowest BCUT2D eigenvalue weighted by molar-refractivity contribution is -0.385. The predicted molar refractivity (Wildman–Crippen MR) is 67.0 cm³/mol. The fourth-order valence-electron chi connectivity index (χ4n) is 1.57. The van der Waals surface area contributed by atoms with E-state index < -0.39 is 10.8 Å². The van der Waals surface area contributed by atoms with Gasteiger partial charge in [-0.05, 0) is 18.4 Å². The van der Waals surface area contributed by atoms with Gasteiger partial charge in [0.05, 0.1) is 24.2 Å². The minimum atomic E-state index is -0.545. The number of nitro groups is 1. The number of ether oxygens (including phenoxy) is 1. The van der Waals surface area contributed by atoms with Crippen LogP contribution < -0.4 is 5.32 Å². The van der Waals surface area contributed by atoms with Gasteiger partial charge in [-0.1, -0.05) is 0 Å². The third-order valence-electron chi connectivity index (χ3n) is 2.62. The normalized spacial score (nSPS) is 14.9. The van der Waals surface area contributed by atoms with E-state index in [1.807, 2.05) is 6.26 Å². The number of rotatable bonds is 4. The number of benzene rings is 1. The zero-order valence-electron chi connectivity index (χ0n) is 9.71. The van der Waals surface area contributed by atoms with Crippen molar-refractivity contribution >= 4 is 23.4 Å². The van der Waals surface area contributed by atoms with Gasteiger partial charge < -0.3 is 10.1 Å². The van der Waals surface area contributed by atoms with Gasteiger partial charge in [0.2, 0.25) is 0 Å². The Morgan fingerprint density at radius 1 is 1.56 bits per heavy atom. The summed E-state index contributed by atoms with van der Waals surface area (Å²) in [6, 6.07) is 4.48. The fourth-order valence-corrected chi connectivity index (χ4v) is 2.01. The van der Waals surface area contributed by atoms with Gasteiger partial charge in [0.1, 0.15) is 5.56 Å². The summed E-state index contributed by atoms with van der Waals surface area (Å²) >= 11 is 1.43. The third-order valence-corrected chi connectivity index (χ3v) is 3.34. The molecular formula is C11H12N2O4S. The van der Waals surface area contributed by atoms with Crippen molar-refractivity contribution in [2.24, 2.45) is 0 Å². The van der Waals surface area contributed by atoms with Crippen molar-refractivity contribution < 1.29 is 14.5 Å². The van der Waals surface area contributed by atoms with Crippen LogP contribution in [0.5, 0.6) is 0 Å². The second kappa shape index (κ2) is 5.36. The number of thioether (sulfide) groups is 1. The van der Waals surface area contributed by atoms with E-state index in [2.05, 4.69) is 5.32 Å². The second-order valence-electron chi connectivity index (χ2n) is 3.85. The summed E-state index contributed by atoms with van der Waals surface area (Å²) in [6.45, 7) is 0.920. The lowest BCUT2D eigenvalue weighted by Gasteiger charge is -2.26. The molecule has 1 N–H and O–H groups in total. The summed E-state index contributed by atoms with van der Waals surface area (Å²) in [5, 5.41) is 13.6.